The quantitative estimate of drug-likeness (QED) is 0.795. The number of aliphatic carboxylic acids is 1. The number of carbonyl (C=O) groups is 1. The molecule has 4 heteroatoms. The van der Waals surface area contributed by atoms with E-state index < -0.39 is 5.97 Å². The average Bonchev–Trinajstić information content (AvgIpc) is 3.00. The van der Waals surface area contributed by atoms with Crippen molar-refractivity contribution in [1.82, 2.24) is 4.90 Å². The Balaban J connectivity index is 2.04. The number of carboxylic acid groups (broad SMARTS) is 1. The Morgan fingerprint density at radius 3 is 2.62 bits per heavy atom. The Morgan fingerprint density at radius 2 is 2.00 bits per heavy atom. The summed E-state index contributed by atoms with van der Waals surface area (Å²) in [6, 6.07) is 14.8. The second kappa shape index (κ2) is 7.96. The third kappa shape index (κ3) is 4.99. The molecule has 0 saturated heterocycles. The first-order chi connectivity index (χ1) is 10.2. The molecule has 0 aliphatic carbocycles. The van der Waals surface area contributed by atoms with Gasteiger partial charge in [0.05, 0.1) is 0 Å². The van der Waals surface area contributed by atoms with E-state index in [4.69, 9.17) is 5.11 Å². The highest BCUT2D eigenvalue weighted by Crippen LogP contribution is 2.26. The molecule has 3 nitrogen and oxygen atoms in total. The van der Waals surface area contributed by atoms with E-state index in [0.717, 1.165) is 13.1 Å². The van der Waals surface area contributed by atoms with Gasteiger partial charge in [0.1, 0.15) is 0 Å². The van der Waals surface area contributed by atoms with Gasteiger partial charge < -0.3 is 5.11 Å². The highest BCUT2D eigenvalue weighted by Gasteiger charge is 2.17. The third-order valence-corrected chi connectivity index (χ3v) is 4.61. The van der Waals surface area contributed by atoms with E-state index in [-0.39, 0.29) is 6.42 Å². The van der Waals surface area contributed by atoms with E-state index in [0.29, 0.717) is 12.5 Å². The lowest BCUT2D eigenvalue weighted by Gasteiger charge is -2.28. The zero-order chi connectivity index (χ0) is 15.1. The minimum atomic E-state index is -0.724. The lowest BCUT2D eigenvalue weighted by Crippen LogP contribution is -2.27. The van der Waals surface area contributed by atoms with Crippen LogP contribution in [-0.2, 0) is 11.3 Å². The molecule has 21 heavy (non-hydrogen) atoms. The molecule has 2 aromatic rings. The van der Waals surface area contributed by atoms with Crippen LogP contribution < -0.4 is 0 Å². The van der Waals surface area contributed by atoms with Gasteiger partial charge in [0.2, 0.25) is 0 Å². The SMILES string of the molecule is CC(c1cccs1)N(CCCC(=O)O)Cc1ccccc1. The first kappa shape index (κ1) is 15.7. The van der Waals surface area contributed by atoms with Crippen LogP contribution in [0.5, 0.6) is 0 Å². The van der Waals surface area contributed by atoms with E-state index in [1.54, 1.807) is 11.3 Å². The lowest BCUT2D eigenvalue weighted by molar-refractivity contribution is -0.137. The molecular formula is C17H21NO2S. The summed E-state index contributed by atoms with van der Waals surface area (Å²) in [4.78, 5) is 14.4. The van der Waals surface area contributed by atoms with Crippen LogP contribution in [0.3, 0.4) is 0 Å². The summed E-state index contributed by atoms with van der Waals surface area (Å²) in [5, 5.41) is 10.9. The molecule has 0 aliphatic rings. The number of benzene rings is 1. The molecule has 1 atom stereocenters. The predicted octanol–water partition coefficient (Wildman–Crippen LogP) is 4.18. The topological polar surface area (TPSA) is 40.5 Å². The first-order valence-corrected chi connectivity index (χ1v) is 8.08. The fraction of sp³-hybridized carbons (Fsp3) is 0.353. The van der Waals surface area contributed by atoms with Crippen LogP contribution in [0, 0.1) is 0 Å². The van der Waals surface area contributed by atoms with Crippen LogP contribution in [0.1, 0.15) is 36.2 Å². The number of hydrogen-bond donors (Lipinski definition) is 1. The lowest BCUT2D eigenvalue weighted by atomic mass is 10.1. The highest BCUT2D eigenvalue weighted by molar-refractivity contribution is 7.10. The van der Waals surface area contributed by atoms with Crippen molar-refractivity contribution in [2.24, 2.45) is 0 Å². The van der Waals surface area contributed by atoms with Crippen LogP contribution in [0.2, 0.25) is 0 Å². The fourth-order valence-corrected chi connectivity index (χ4v) is 3.19. The van der Waals surface area contributed by atoms with E-state index in [2.05, 4.69) is 41.5 Å². The van der Waals surface area contributed by atoms with Gasteiger partial charge in [0.15, 0.2) is 0 Å². The molecule has 2 rings (SSSR count). The number of nitrogens with zero attached hydrogens (tertiary/aromatic N) is 1. The number of rotatable bonds is 8. The molecule has 112 valence electrons. The maximum Gasteiger partial charge on any atom is 0.303 e. The van der Waals surface area contributed by atoms with E-state index in [9.17, 15) is 4.79 Å². The second-order valence-electron chi connectivity index (χ2n) is 5.14. The minimum Gasteiger partial charge on any atom is -0.481 e. The van der Waals surface area contributed by atoms with Crippen LogP contribution >= 0.6 is 11.3 Å². The number of hydrogen-bond acceptors (Lipinski definition) is 3. The molecular weight excluding hydrogens is 282 g/mol. The van der Waals surface area contributed by atoms with Crippen molar-refractivity contribution in [3.63, 3.8) is 0 Å². The minimum absolute atomic E-state index is 0.225. The largest absolute Gasteiger partial charge is 0.481 e. The Kier molecular flexibility index (Phi) is 5.96. The van der Waals surface area contributed by atoms with Crippen molar-refractivity contribution in [3.05, 3.63) is 58.3 Å². The Morgan fingerprint density at radius 1 is 1.24 bits per heavy atom. The van der Waals surface area contributed by atoms with Crippen LogP contribution in [-0.4, -0.2) is 22.5 Å². The molecule has 1 heterocycles. The summed E-state index contributed by atoms with van der Waals surface area (Å²) < 4.78 is 0. The van der Waals surface area contributed by atoms with Gasteiger partial charge in [-0.15, -0.1) is 11.3 Å². The van der Waals surface area contributed by atoms with Gasteiger partial charge in [0.25, 0.3) is 0 Å². The van der Waals surface area contributed by atoms with Crippen LogP contribution in [0.15, 0.2) is 47.8 Å². The maximum atomic E-state index is 10.7. The van der Waals surface area contributed by atoms with Gasteiger partial charge in [-0.05, 0) is 36.9 Å². The van der Waals surface area contributed by atoms with Gasteiger partial charge in [-0.3, -0.25) is 9.69 Å². The molecule has 0 spiro atoms. The van der Waals surface area contributed by atoms with Crippen molar-refractivity contribution in [3.8, 4) is 0 Å². The molecule has 1 unspecified atom stereocenters. The summed E-state index contributed by atoms with van der Waals surface area (Å²) in [5.41, 5.74) is 1.26. The molecule has 1 aromatic heterocycles. The highest BCUT2D eigenvalue weighted by atomic mass is 32.1. The zero-order valence-corrected chi connectivity index (χ0v) is 13.1. The fourth-order valence-electron chi connectivity index (χ4n) is 2.37. The van der Waals surface area contributed by atoms with Crippen molar-refractivity contribution in [2.45, 2.75) is 32.4 Å². The van der Waals surface area contributed by atoms with Crippen molar-refractivity contribution >= 4 is 17.3 Å². The summed E-state index contributed by atoms with van der Waals surface area (Å²) in [6.07, 6.45) is 0.903. The molecule has 0 fully saturated rings. The number of thiophene rings is 1. The van der Waals surface area contributed by atoms with Gasteiger partial charge in [-0.1, -0.05) is 36.4 Å². The molecule has 1 N–H and O–H groups in total. The second-order valence-corrected chi connectivity index (χ2v) is 6.12. The van der Waals surface area contributed by atoms with Crippen LogP contribution in [0.4, 0.5) is 0 Å². The standard InChI is InChI=1S/C17H21NO2S/c1-14(16-9-6-12-21-16)18(11-5-10-17(19)20)13-15-7-3-2-4-8-15/h2-4,6-9,12,14H,5,10-11,13H2,1H3,(H,19,20). The van der Waals surface area contributed by atoms with E-state index >= 15 is 0 Å². The maximum absolute atomic E-state index is 10.7. The molecule has 0 amide bonds. The number of carboxylic acids is 1. The van der Waals surface area contributed by atoms with Gasteiger partial charge in [0, 0.05) is 23.9 Å². The normalized spacial score (nSPS) is 12.5. The van der Waals surface area contributed by atoms with E-state index in [1.165, 1.54) is 10.4 Å². The summed E-state index contributed by atoms with van der Waals surface area (Å²) >= 11 is 1.75. The average molecular weight is 303 g/mol. The summed E-state index contributed by atoms with van der Waals surface area (Å²) in [5.74, 6) is -0.724. The molecule has 0 saturated carbocycles. The molecule has 0 aliphatic heterocycles. The Bertz CT molecular complexity index is 539. The molecule has 0 radical (unpaired) electrons. The van der Waals surface area contributed by atoms with Crippen molar-refractivity contribution in [2.75, 3.05) is 6.54 Å². The zero-order valence-electron chi connectivity index (χ0n) is 12.2. The van der Waals surface area contributed by atoms with Gasteiger partial charge in [-0.25, -0.2) is 0 Å². The van der Waals surface area contributed by atoms with E-state index in [1.807, 2.05) is 18.2 Å². The monoisotopic (exact) mass is 303 g/mol. The van der Waals surface area contributed by atoms with Gasteiger partial charge >= 0.3 is 5.97 Å². The van der Waals surface area contributed by atoms with Crippen LogP contribution in [0.25, 0.3) is 0 Å². The predicted molar refractivity (Wildman–Crippen MR) is 86.5 cm³/mol. The van der Waals surface area contributed by atoms with Crippen molar-refractivity contribution in [1.29, 1.82) is 0 Å². The van der Waals surface area contributed by atoms with Gasteiger partial charge in [-0.2, -0.15) is 0 Å². The molecule has 0 bridgehead atoms. The molecule has 1 aromatic carbocycles. The Labute approximate surface area is 129 Å². The Hall–Kier alpha value is -1.65. The summed E-state index contributed by atoms with van der Waals surface area (Å²) in [7, 11) is 0. The first-order valence-electron chi connectivity index (χ1n) is 7.20. The van der Waals surface area contributed by atoms with Crippen molar-refractivity contribution < 1.29 is 9.90 Å². The smallest absolute Gasteiger partial charge is 0.303 e. The third-order valence-electron chi connectivity index (χ3n) is 3.57. The summed E-state index contributed by atoms with van der Waals surface area (Å²) in [6.45, 7) is 3.83.